The maximum absolute atomic E-state index is 13.1. The standard InChI is InChI=1S/C24H25FN2OS/c1-17-14-27(18(2)13-26(17)15-19-7-10-21(25)11-8-19)24(28)12-9-20-16-29-23-6-4-3-5-22(20)23/h3-12,16-18H,13-15H2,1-2H3. The van der Waals surface area contributed by atoms with Crippen LogP contribution in [0.25, 0.3) is 16.2 Å². The van der Waals surface area contributed by atoms with Gasteiger partial charge in [0.15, 0.2) is 0 Å². The molecule has 3 nitrogen and oxygen atoms in total. The van der Waals surface area contributed by atoms with E-state index < -0.39 is 0 Å². The molecule has 0 radical (unpaired) electrons. The number of amides is 1. The van der Waals surface area contributed by atoms with Gasteiger partial charge in [0.25, 0.3) is 0 Å². The Morgan fingerprint density at radius 2 is 1.86 bits per heavy atom. The summed E-state index contributed by atoms with van der Waals surface area (Å²) in [6, 6.07) is 15.3. The van der Waals surface area contributed by atoms with E-state index in [1.807, 2.05) is 35.2 Å². The SMILES string of the molecule is CC1CN(C(=O)C=Cc2csc3ccccc23)C(C)CN1Cc1ccc(F)cc1. The second-order valence-electron chi connectivity index (χ2n) is 7.77. The van der Waals surface area contributed by atoms with E-state index in [-0.39, 0.29) is 23.8 Å². The molecule has 1 saturated heterocycles. The number of piperazine rings is 1. The third-order valence-electron chi connectivity index (χ3n) is 5.61. The summed E-state index contributed by atoms with van der Waals surface area (Å²) in [7, 11) is 0. The van der Waals surface area contributed by atoms with Gasteiger partial charge in [-0.25, -0.2) is 4.39 Å². The van der Waals surface area contributed by atoms with Crippen LogP contribution in [0, 0.1) is 5.82 Å². The van der Waals surface area contributed by atoms with Crippen LogP contribution in [0.4, 0.5) is 4.39 Å². The minimum absolute atomic E-state index is 0.0565. The molecule has 2 atom stereocenters. The largest absolute Gasteiger partial charge is 0.334 e. The number of carbonyl (C=O) groups is 1. The normalized spacial score (nSPS) is 20.6. The van der Waals surface area contributed by atoms with Gasteiger partial charge >= 0.3 is 0 Å². The maximum Gasteiger partial charge on any atom is 0.246 e. The van der Waals surface area contributed by atoms with Crippen molar-refractivity contribution in [1.29, 1.82) is 0 Å². The lowest BCUT2D eigenvalue weighted by Gasteiger charge is -2.43. The molecule has 0 saturated carbocycles. The summed E-state index contributed by atoms with van der Waals surface area (Å²) < 4.78 is 14.4. The van der Waals surface area contributed by atoms with Crippen molar-refractivity contribution >= 4 is 33.4 Å². The Bertz CT molecular complexity index is 1030. The topological polar surface area (TPSA) is 23.6 Å². The van der Waals surface area contributed by atoms with E-state index in [0.717, 1.165) is 24.2 Å². The Morgan fingerprint density at radius 3 is 2.66 bits per heavy atom. The molecule has 1 fully saturated rings. The van der Waals surface area contributed by atoms with Crippen molar-refractivity contribution in [2.75, 3.05) is 13.1 Å². The second-order valence-corrected chi connectivity index (χ2v) is 8.68. The van der Waals surface area contributed by atoms with Gasteiger partial charge in [-0.2, -0.15) is 0 Å². The highest BCUT2D eigenvalue weighted by molar-refractivity contribution is 7.17. The Balaban J connectivity index is 1.41. The molecular weight excluding hydrogens is 383 g/mol. The summed E-state index contributed by atoms with van der Waals surface area (Å²) in [5.74, 6) is -0.156. The van der Waals surface area contributed by atoms with Gasteiger partial charge in [-0.05, 0) is 60.0 Å². The predicted molar refractivity (Wildman–Crippen MR) is 118 cm³/mol. The van der Waals surface area contributed by atoms with Crippen LogP contribution in [0.2, 0.25) is 0 Å². The highest BCUT2D eigenvalue weighted by atomic mass is 32.1. The number of rotatable bonds is 4. The van der Waals surface area contributed by atoms with Gasteiger partial charge in [0, 0.05) is 42.5 Å². The number of fused-ring (bicyclic) bond motifs is 1. The number of hydrogen-bond donors (Lipinski definition) is 0. The average Bonchev–Trinajstić information content (AvgIpc) is 3.13. The molecule has 1 aromatic heterocycles. The number of benzene rings is 2. The predicted octanol–water partition coefficient (Wildman–Crippen LogP) is 5.18. The molecule has 0 spiro atoms. The van der Waals surface area contributed by atoms with Gasteiger partial charge in [-0.1, -0.05) is 30.3 Å². The van der Waals surface area contributed by atoms with Gasteiger partial charge in [-0.15, -0.1) is 11.3 Å². The summed E-state index contributed by atoms with van der Waals surface area (Å²) >= 11 is 1.70. The molecular formula is C24H25FN2OS. The van der Waals surface area contributed by atoms with Crippen LogP contribution in [0.5, 0.6) is 0 Å². The van der Waals surface area contributed by atoms with E-state index >= 15 is 0 Å². The van der Waals surface area contributed by atoms with Crippen LogP contribution in [-0.4, -0.2) is 40.9 Å². The van der Waals surface area contributed by atoms with Gasteiger partial charge < -0.3 is 4.90 Å². The molecule has 150 valence electrons. The maximum atomic E-state index is 13.1. The molecule has 2 unspecified atom stereocenters. The molecule has 5 heteroatoms. The number of nitrogens with zero attached hydrogens (tertiary/aromatic N) is 2. The minimum atomic E-state index is -0.212. The van der Waals surface area contributed by atoms with Gasteiger partial charge in [0.2, 0.25) is 5.91 Å². The van der Waals surface area contributed by atoms with E-state index in [1.165, 1.54) is 22.2 Å². The second kappa shape index (κ2) is 8.47. The molecule has 3 aromatic rings. The molecule has 2 aromatic carbocycles. The highest BCUT2D eigenvalue weighted by Crippen LogP contribution is 2.27. The Kier molecular flexibility index (Phi) is 5.79. The summed E-state index contributed by atoms with van der Waals surface area (Å²) in [6.45, 7) is 6.50. The number of carbonyl (C=O) groups excluding carboxylic acids is 1. The van der Waals surface area contributed by atoms with E-state index in [0.29, 0.717) is 6.54 Å². The van der Waals surface area contributed by atoms with Crippen molar-refractivity contribution in [1.82, 2.24) is 9.80 Å². The van der Waals surface area contributed by atoms with Gasteiger partial charge in [0.1, 0.15) is 5.82 Å². The van der Waals surface area contributed by atoms with Crippen molar-refractivity contribution in [3.05, 3.63) is 76.9 Å². The fraction of sp³-hybridized carbons (Fsp3) is 0.292. The fourth-order valence-corrected chi connectivity index (χ4v) is 4.86. The molecule has 4 rings (SSSR count). The van der Waals surface area contributed by atoms with Gasteiger partial charge in [0.05, 0.1) is 0 Å². The zero-order valence-corrected chi connectivity index (χ0v) is 17.5. The van der Waals surface area contributed by atoms with Crippen LogP contribution >= 0.6 is 11.3 Å². The first-order valence-electron chi connectivity index (χ1n) is 9.94. The molecule has 1 aliphatic heterocycles. The first-order chi connectivity index (χ1) is 14.0. The molecule has 0 bridgehead atoms. The lowest BCUT2D eigenvalue weighted by molar-refractivity contribution is -0.131. The Labute approximate surface area is 175 Å². The Hall–Kier alpha value is -2.50. The summed E-state index contributed by atoms with van der Waals surface area (Å²) in [5.41, 5.74) is 2.18. The van der Waals surface area contributed by atoms with Crippen molar-refractivity contribution in [2.45, 2.75) is 32.5 Å². The fourth-order valence-electron chi connectivity index (χ4n) is 3.93. The zero-order chi connectivity index (χ0) is 20.4. The molecule has 0 N–H and O–H groups in total. The van der Waals surface area contributed by atoms with Crippen LogP contribution in [-0.2, 0) is 11.3 Å². The monoisotopic (exact) mass is 408 g/mol. The van der Waals surface area contributed by atoms with Crippen LogP contribution in [0.1, 0.15) is 25.0 Å². The van der Waals surface area contributed by atoms with Crippen LogP contribution in [0.3, 0.4) is 0 Å². The highest BCUT2D eigenvalue weighted by Gasteiger charge is 2.31. The van der Waals surface area contributed by atoms with E-state index in [9.17, 15) is 9.18 Å². The van der Waals surface area contributed by atoms with Crippen molar-refractivity contribution in [3.8, 4) is 0 Å². The number of halogens is 1. The lowest BCUT2D eigenvalue weighted by atomic mass is 10.1. The number of thiophene rings is 1. The molecule has 1 aliphatic rings. The van der Waals surface area contributed by atoms with Crippen LogP contribution in [0.15, 0.2) is 60.0 Å². The molecule has 1 amide bonds. The summed E-state index contributed by atoms with van der Waals surface area (Å²) in [5, 5.41) is 3.29. The average molecular weight is 409 g/mol. The van der Waals surface area contributed by atoms with Gasteiger partial charge in [-0.3, -0.25) is 9.69 Å². The molecule has 29 heavy (non-hydrogen) atoms. The quantitative estimate of drug-likeness (QED) is 0.556. The van der Waals surface area contributed by atoms with Crippen molar-refractivity contribution in [3.63, 3.8) is 0 Å². The molecule has 2 heterocycles. The lowest BCUT2D eigenvalue weighted by Crippen LogP contribution is -2.57. The zero-order valence-electron chi connectivity index (χ0n) is 16.7. The third-order valence-corrected chi connectivity index (χ3v) is 6.60. The first-order valence-corrected chi connectivity index (χ1v) is 10.8. The van der Waals surface area contributed by atoms with Crippen molar-refractivity contribution < 1.29 is 9.18 Å². The van der Waals surface area contributed by atoms with E-state index in [4.69, 9.17) is 0 Å². The summed E-state index contributed by atoms with van der Waals surface area (Å²) in [4.78, 5) is 17.2. The Morgan fingerprint density at radius 1 is 1.10 bits per heavy atom. The number of hydrogen-bond acceptors (Lipinski definition) is 3. The van der Waals surface area contributed by atoms with Crippen LogP contribution < -0.4 is 0 Å². The molecule has 0 aliphatic carbocycles. The third kappa shape index (κ3) is 4.41. The smallest absolute Gasteiger partial charge is 0.246 e. The minimum Gasteiger partial charge on any atom is -0.334 e. The van der Waals surface area contributed by atoms with Crippen molar-refractivity contribution in [2.24, 2.45) is 0 Å². The van der Waals surface area contributed by atoms with E-state index in [1.54, 1.807) is 17.4 Å². The summed E-state index contributed by atoms with van der Waals surface area (Å²) in [6.07, 6.45) is 3.64. The first kappa shape index (κ1) is 19.8. The van der Waals surface area contributed by atoms with E-state index in [2.05, 4.69) is 36.3 Å².